The summed E-state index contributed by atoms with van der Waals surface area (Å²) < 4.78 is 2.01. The van der Waals surface area contributed by atoms with Gasteiger partial charge < -0.3 is 11.5 Å². The maximum absolute atomic E-state index is 5.23. The third kappa shape index (κ3) is 3.36. The molecule has 0 saturated heterocycles. The van der Waals surface area contributed by atoms with Crippen LogP contribution in [0.25, 0.3) is 0 Å². The molecule has 0 aliphatic carbocycles. The van der Waals surface area contributed by atoms with Gasteiger partial charge in [-0.25, -0.2) is 4.99 Å². The quantitative estimate of drug-likeness (QED) is 0.648. The van der Waals surface area contributed by atoms with Crippen molar-refractivity contribution in [3.63, 3.8) is 0 Å². The number of halogens is 2. The van der Waals surface area contributed by atoms with Gasteiger partial charge in [-0.2, -0.15) is 0 Å². The molecule has 4 N–H and O–H groups in total. The summed E-state index contributed by atoms with van der Waals surface area (Å²) in [6.07, 6.45) is 0. The predicted molar refractivity (Wildman–Crippen MR) is 61.4 cm³/mol. The van der Waals surface area contributed by atoms with E-state index in [-0.39, 0.29) is 5.96 Å². The zero-order valence-corrected chi connectivity index (χ0v) is 9.97. The lowest BCUT2D eigenvalue weighted by molar-refractivity contribution is 1.04. The van der Waals surface area contributed by atoms with E-state index in [1.54, 1.807) is 0 Å². The number of guanidine groups is 1. The van der Waals surface area contributed by atoms with E-state index in [9.17, 15) is 0 Å². The van der Waals surface area contributed by atoms with Crippen LogP contribution in [0.1, 0.15) is 5.56 Å². The van der Waals surface area contributed by atoms with E-state index in [4.69, 9.17) is 11.5 Å². The molecule has 0 amide bonds. The van der Waals surface area contributed by atoms with Crippen LogP contribution in [0.15, 0.2) is 32.1 Å². The molecule has 0 atom stereocenters. The molecule has 0 fully saturated rings. The molecule has 70 valence electrons. The lowest BCUT2D eigenvalue weighted by Gasteiger charge is -2.01. The highest BCUT2D eigenvalue weighted by Gasteiger charge is 1.99. The lowest BCUT2D eigenvalue weighted by atomic mass is 10.2. The molecule has 1 aromatic carbocycles. The van der Waals surface area contributed by atoms with Gasteiger partial charge in [0.15, 0.2) is 5.96 Å². The van der Waals surface area contributed by atoms with E-state index in [0.29, 0.717) is 6.54 Å². The molecule has 0 saturated carbocycles. The van der Waals surface area contributed by atoms with E-state index in [2.05, 4.69) is 36.9 Å². The first kappa shape index (κ1) is 10.5. The van der Waals surface area contributed by atoms with Crippen molar-refractivity contribution in [3.8, 4) is 0 Å². The monoisotopic (exact) mass is 305 g/mol. The highest BCUT2D eigenvalue weighted by atomic mass is 79.9. The van der Waals surface area contributed by atoms with Crippen molar-refractivity contribution in [2.75, 3.05) is 0 Å². The molecule has 0 heterocycles. The summed E-state index contributed by atoms with van der Waals surface area (Å²) in [5, 5.41) is 0. The Balaban J connectivity index is 2.87. The molecule has 0 radical (unpaired) electrons. The zero-order chi connectivity index (χ0) is 9.84. The van der Waals surface area contributed by atoms with Crippen LogP contribution < -0.4 is 11.5 Å². The number of hydrogen-bond donors (Lipinski definition) is 2. The van der Waals surface area contributed by atoms with E-state index in [0.717, 1.165) is 14.5 Å². The molecule has 0 aromatic heterocycles. The van der Waals surface area contributed by atoms with Crippen LogP contribution >= 0.6 is 31.9 Å². The SMILES string of the molecule is NC(N)=NCc1cc(Br)ccc1Br. The Morgan fingerprint density at radius 2 is 2.00 bits per heavy atom. The van der Waals surface area contributed by atoms with Crippen LogP contribution in [-0.2, 0) is 6.54 Å². The van der Waals surface area contributed by atoms with Crippen LogP contribution in [-0.4, -0.2) is 5.96 Å². The maximum atomic E-state index is 5.23. The van der Waals surface area contributed by atoms with Gasteiger partial charge >= 0.3 is 0 Å². The topological polar surface area (TPSA) is 64.4 Å². The number of hydrogen-bond acceptors (Lipinski definition) is 1. The molecule has 0 bridgehead atoms. The number of rotatable bonds is 2. The van der Waals surface area contributed by atoms with Gasteiger partial charge in [-0.05, 0) is 23.8 Å². The van der Waals surface area contributed by atoms with Gasteiger partial charge in [-0.15, -0.1) is 0 Å². The minimum atomic E-state index is 0.104. The molecule has 1 rings (SSSR count). The number of benzene rings is 1. The van der Waals surface area contributed by atoms with Gasteiger partial charge in [0, 0.05) is 8.95 Å². The predicted octanol–water partition coefficient (Wildman–Crippen LogP) is 1.98. The van der Waals surface area contributed by atoms with E-state index >= 15 is 0 Å². The molecule has 5 heteroatoms. The van der Waals surface area contributed by atoms with E-state index < -0.39 is 0 Å². The summed E-state index contributed by atoms with van der Waals surface area (Å²) in [5.41, 5.74) is 11.5. The molecule has 0 unspecified atom stereocenters. The second-order valence-electron chi connectivity index (χ2n) is 2.48. The summed E-state index contributed by atoms with van der Waals surface area (Å²) in [7, 11) is 0. The fourth-order valence-electron chi connectivity index (χ4n) is 0.841. The largest absolute Gasteiger partial charge is 0.370 e. The summed E-state index contributed by atoms with van der Waals surface area (Å²) in [5.74, 6) is 0.104. The molecule has 13 heavy (non-hydrogen) atoms. The smallest absolute Gasteiger partial charge is 0.186 e. The van der Waals surface area contributed by atoms with Crippen molar-refractivity contribution >= 4 is 37.8 Å². The molecular formula is C8H9Br2N3. The third-order valence-electron chi connectivity index (χ3n) is 1.44. The summed E-state index contributed by atoms with van der Waals surface area (Å²) >= 11 is 6.78. The second-order valence-corrected chi connectivity index (χ2v) is 4.25. The lowest BCUT2D eigenvalue weighted by Crippen LogP contribution is -2.22. The average molecular weight is 307 g/mol. The van der Waals surface area contributed by atoms with Crippen LogP contribution in [0.3, 0.4) is 0 Å². The first-order chi connectivity index (χ1) is 6.09. The van der Waals surface area contributed by atoms with Crippen LogP contribution in [0.4, 0.5) is 0 Å². The van der Waals surface area contributed by atoms with Crippen molar-refractivity contribution in [1.82, 2.24) is 0 Å². The van der Waals surface area contributed by atoms with Gasteiger partial charge in [0.1, 0.15) is 0 Å². The summed E-state index contributed by atoms with van der Waals surface area (Å²) in [4.78, 5) is 3.92. The first-order valence-electron chi connectivity index (χ1n) is 3.59. The van der Waals surface area contributed by atoms with Crippen molar-refractivity contribution < 1.29 is 0 Å². The molecular weight excluding hydrogens is 298 g/mol. The Kier molecular flexibility index (Phi) is 3.74. The molecule has 0 aliphatic rings. The number of nitrogens with zero attached hydrogens (tertiary/aromatic N) is 1. The van der Waals surface area contributed by atoms with Gasteiger partial charge in [-0.1, -0.05) is 31.9 Å². The minimum Gasteiger partial charge on any atom is -0.370 e. The van der Waals surface area contributed by atoms with Crippen LogP contribution in [0.2, 0.25) is 0 Å². The third-order valence-corrected chi connectivity index (χ3v) is 2.71. The van der Waals surface area contributed by atoms with Crippen molar-refractivity contribution in [2.24, 2.45) is 16.5 Å². The van der Waals surface area contributed by atoms with E-state index in [1.165, 1.54) is 0 Å². The molecule has 0 aliphatic heterocycles. The Bertz CT molecular complexity index is 332. The fourth-order valence-corrected chi connectivity index (χ4v) is 1.62. The van der Waals surface area contributed by atoms with Crippen molar-refractivity contribution in [1.29, 1.82) is 0 Å². The number of aliphatic imine (C=N–C) groups is 1. The first-order valence-corrected chi connectivity index (χ1v) is 5.17. The normalized spacial score (nSPS) is 9.69. The van der Waals surface area contributed by atoms with Crippen molar-refractivity contribution in [2.45, 2.75) is 6.54 Å². The Hall–Kier alpha value is -0.550. The van der Waals surface area contributed by atoms with E-state index in [1.807, 2.05) is 18.2 Å². The fraction of sp³-hybridized carbons (Fsp3) is 0.125. The Morgan fingerprint density at radius 3 is 2.62 bits per heavy atom. The highest BCUT2D eigenvalue weighted by molar-refractivity contribution is 9.11. The second kappa shape index (κ2) is 4.62. The van der Waals surface area contributed by atoms with Crippen LogP contribution in [0.5, 0.6) is 0 Å². The minimum absolute atomic E-state index is 0.104. The Labute approximate surface area is 93.5 Å². The summed E-state index contributed by atoms with van der Waals surface area (Å²) in [6.45, 7) is 0.488. The molecule has 3 nitrogen and oxygen atoms in total. The maximum Gasteiger partial charge on any atom is 0.186 e. The van der Waals surface area contributed by atoms with Crippen molar-refractivity contribution in [3.05, 3.63) is 32.7 Å². The Morgan fingerprint density at radius 1 is 1.31 bits per heavy atom. The molecule has 0 spiro atoms. The zero-order valence-electron chi connectivity index (χ0n) is 6.80. The van der Waals surface area contributed by atoms with Gasteiger partial charge in [0.25, 0.3) is 0 Å². The number of nitrogens with two attached hydrogens (primary N) is 2. The standard InChI is InChI=1S/C8H9Br2N3/c9-6-1-2-7(10)5(3-6)4-13-8(11)12/h1-3H,4H2,(H4,11,12,13). The molecule has 1 aromatic rings. The average Bonchev–Trinajstić information content (AvgIpc) is 2.06. The van der Waals surface area contributed by atoms with Gasteiger partial charge in [0.05, 0.1) is 6.54 Å². The summed E-state index contributed by atoms with van der Waals surface area (Å²) in [6, 6.07) is 5.86. The van der Waals surface area contributed by atoms with Crippen LogP contribution in [0, 0.1) is 0 Å². The van der Waals surface area contributed by atoms with Gasteiger partial charge in [-0.3, -0.25) is 0 Å². The van der Waals surface area contributed by atoms with Gasteiger partial charge in [0.2, 0.25) is 0 Å². The highest BCUT2D eigenvalue weighted by Crippen LogP contribution is 2.21.